The third-order valence-electron chi connectivity index (χ3n) is 1.95. The van der Waals surface area contributed by atoms with Crippen molar-refractivity contribution in [2.45, 2.75) is 0 Å². The summed E-state index contributed by atoms with van der Waals surface area (Å²) in [6, 6.07) is 10.6. The Labute approximate surface area is 94.1 Å². The molecule has 15 heavy (non-hydrogen) atoms. The lowest BCUT2D eigenvalue weighted by Crippen LogP contribution is -1.97. The Morgan fingerprint density at radius 2 is 2.00 bits per heavy atom. The molecule has 0 aromatic heterocycles. The van der Waals surface area contributed by atoms with Crippen LogP contribution in [-0.2, 0) is 11.4 Å². The topological polar surface area (TPSA) is 46.5 Å². The molecule has 5 heteroatoms. The van der Waals surface area contributed by atoms with Gasteiger partial charge >= 0.3 is 11.4 Å². The molecule has 1 atom stereocenters. The molecule has 2 aromatic rings. The zero-order valence-corrected chi connectivity index (χ0v) is 9.09. The minimum atomic E-state index is -2.34. The molecule has 2 rings (SSSR count). The quantitative estimate of drug-likeness (QED) is 0.824. The Kier molecular flexibility index (Phi) is 2.90. The molecule has 1 N–H and O–H groups in total. The number of hydrogen-bond donors (Lipinski definition) is 1. The summed E-state index contributed by atoms with van der Waals surface area (Å²) in [5, 5.41) is 2.09. The highest BCUT2D eigenvalue weighted by Crippen LogP contribution is 2.30. The second-order valence-corrected chi connectivity index (χ2v) is 3.96. The van der Waals surface area contributed by atoms with E-state index in [4.69, 9.17) is 20.3 Å². The fourth-order valence-corrected chi connectivity index (χ4v) is 1.89. The van der Waals surface area contributed by atoms with Crippen LogP contribution in [0.15, 0.2) is 36.4 Å². The molecule has 0 saturated carbocycles. The first kappa shape index (κ1) is 10.4. The average Bonchev–Trinajstić information content (AvgIpc) is 2.16. The largest absolute Gasteiger partial charge is 0.379 e. The second-order valence-electron chi connectivity index (χ2n) is 2.93. The van der Waals surface area contributed by atoms with Crippen LogP contribution in [0, 0.1) is 0 Å². The minimum absolute atomic E-state index is 0.305. The summed E-state index contributed by atoms with van der Waals surface area (Å²) in [5.41, 5.74) is 0. The Balaban J connectivity index is 2.65. The highest BCUT2D eigenvalue weighted by atomic mass is 35.5. The van der Waals surface area contributed by atoms with Gasteiger partial charge in [-0.25, -0.2) is 0 Å². The Morgan fingerprint density at radius 3 is 2.73 bits per heavy atom. The molecule has 0 spiro atoms. The molecule has 0 saturated heterocycles. The molecule has 0 aliphatic rings. The van der Waals surface area contributed by atoms with Gasteiger partial charge in [-0.1, -0.05) is 35.9 Å². The van der Waals surface area contributed by atoms with Crippen LogP contribution in [0.1, 0.15) is 0 Å². The van der Waals surface area contributed by atoms with Crippen molar-refractivity contribution in [2.24, 2.45) is 0 Å². The van der Waals surface area contributed by atoms with Crippen LogP contribution in [0.4, 0.5) is 0 Å². The molecule has 0 radical (unpaired) electrons. The molecule has 3 nitrogen and oxygen atoms in total. The third-order valence-corrected chi connectivity index (χ3v) is 2.49. The van der Waals surface area contributed by atoms with E-state index in [1.807, 2.05) is 18.2 Å². The van der Waals surface area contributed by atoms with Crippen molar-refractivity contribution in [3.8, 4) is 5.75 Å². The normalized spacial score (nSPS) is 12.7. The third kappa shape index (κ3) is 2.28. The Morgan fingerprint density at radius 1 is 1.27 bits per heavy atom. The maximum absolute atomic E-state index is 10.6. The molecular weight excluding hydrogens is 236 g/mol. The molecule has 78 valence electrons. The van der Waals surface area contributed by atoms with E-state index in [9.17, 15) is 4.21 Å². The lowest BCUT2D eigenvalue weighted by Gasteiger charge is -2.05. The minimum Gasteiger partial charge on any atom is -0.379 e. The van der Waals surface area contributed by atoms with Gasteiger partial charge in [0.15, 0.2) is 5.75 Å². The molecule has 0 heterocycles. The van der Waals surface area contributed by atoms with Crippen molar-refractivity contribution in [2.75, 3.05) is 0 Å². The Bertz CT molecular complexity index is 527. The first-order valence-corrected chi connectivity index (χ1v) is 5.55. The van der Waals surface area contributed by atoms with Crippen LogP contribution >= 0.6 is 11.6 Å². The predicted octanol–water partition coefficient (Wildman–Crippen LogP) is 3.01. The fourth-order valence-electron chi connectivity index (χ4n) is 1.39. The van der Waals surface area contributed by atoms with Gasteiger partial charge in [-0.15, -0.1) is 0 Å². The van der Waals surface area contributed by atoms with E-state index in [0.29, 0.717) is 10.8 Å². The van der Waals surface area contributed by atoms with Crippen molar-refractivity contribution in [1.29, 1.82) is 0 Å². The summed E-state index contributed by atoms with van der Waals surface area (Å²) in [4.78, 5) is 0. The summed E-state index contributed by atoms with van der Waals surface area (Å²) < 4.78 is 24.0. The average molecular weight is 243 g/mol. The number of halogens is 1. The monoisotopic (exact) mass is 242 g/mol. The number of benzene rings is 2. The molecular formula is C10H7ClO3S. The highest BCUT2D eigenvalue weighted by Gasteiger charge is 2.06. The van der Waals surface area contributed by atoms with E-state index in [1.165, 1.54) is 6.07 Å². The van der Waals surface area contributed by atoms with Gasteiger partial charge in [0.05, 0.1) is 0 Å². The molecule has 0 bridgehead atoms. The van der Waals surface area contributed by atoms with Gasteiger partial charge in [-0.2, -0.15) is 4.21 Å². The predicted molar refractivity (Wildman–Crippen MR) is 60.4 cm³/mol. The van der Waals surface area contributed by atoms with Crippen molar-refractivity contribution in [1.82, 2.24) is 0 Å². The van der Waals surface area contributed by atoms with Crippen LogP contribution in [0.25, 0.3) is 10.8 Å². The molecule has 0 amide bonds. The summed E-state index contributed by atoms with van der Waals surface area (Å²) in [7, 11) is 0. The highest BCUT2D eigenvalue weighted by molar-refractivity contribution is 7.74. The lowest BCUT2D eigenvalue weighted by molar-refractivity contribution is 0.460. The smallest absolute Gasteiger partial charge is 0.357 e. The molecule has 2 aromatic carbocycles. The first-order valence-electron chi connectivity index (χ1n) is 4.14. The van der Waals surface area contributed by atoms with Crippen LogP contribution in [0.2, 0.25) is 5.02 Å². The summed E-state index contributed by atoms with van der Waals surface area (Å²) >= 11 is 3.51. The van der Waals surface area contributed by atoms with Gasteiger partial charge in [0, 0.05) is 16.5 Å². The van der Waals surface area contributed by atoms with Crippen LogP contribution in [0.3, 0.4) is 0 Å². The standard InChI is InChI=1S/C10H7ClO3S/c11-8-5-7-3-1-2-4-9(7)10(6-8)14-15(12)13/h1-6H,(H,12,13). The van der Waals surface area contributed by atoms with E-state index in [-0.39, 0.29) is 0 Å². The summed E-state index contributed by atoms with van der Waals surface area (Å²) in [6.45, 7) is 0. The van der Waals surface area contributed by atoms with Crippen molar-refractivity contribution >= 4 is 33.7 Å². The van der Waals surface area contributed by atoms with Crippen molar-refractivity contribution < 1.29 is 12.9 Å². The van der Waals surface area contributed by atoms with E-state index in [1.54, 1.807) is 12.1 Å². The SMILES string of the molecule is O=S(O)Oc1cc(Cl)cc2ccccc12. The van der Waals surface area contributed by atoms with E-state index in [2.05, 4.69) is 0 Å². The van der Waals surface area contributed by atoms with Gasteiger partial charge < -0.3 is 4.18 Å². The van der Waals surface area contributed by atoms with Gasteiger partial charge in [-0.3, -0.25) is 4.55 Å². The van der Waals surface area contributed by atoms with Gasteiger partial charge in [0.2, 0.25) is 0 Å². The van der Waals surface area contributed by atoms with E-state index < -0.39 is 11.4 Å². The summed E-state index contributed by atoms with van der Waals surface area (Å²) in [5.74, 6) is 0.305. The molecule has 0 aliphatic carbocycles. The number of fused-ring (bicyclic) bond motifs is 1. The number of hydrogen-bond acceptors (Lipinski definition) is 2. The zero-order valence-electron chi connectivity index (χ0n) is 7.51. The zero-order chi connectivity index (χ0) is 10.8. The second kappa shape index (κ2) is 4.18. The maximum Gasteiger partial charge on any atom is 0.357 e. The van der Waals surface area contributed by atoms with Crippen LogP contribution in [-0.4, -0.2) is 8.76 Å². The van der Waals surface area contributed by atoms with E-state index >= 15 is 0 Å². The van der Waals surface area contributed by atoms with Crippen molar-refractivity contribution in [3.63, 3.8) is 0 Å². The summed E-state index contributed by atoms with van der Waals surface area (Å²) in [6.07, 6.45) is 0. The van der Waals surface area contributed by atoms with Crippen molar-refractivity contribution in [3.05, 3.63) is 41.4 Å². The Hall–Kier alpha value is -1.10. The van der Waals surface area contributed by atoms with E-state index in [0.717, 1.165) is 10.8 Å². The molecule has 0 fully saturated rings. The van der Waals surface area contributed by atoms with Crippen LogP contribution in [0.5, 0.6) is 5.75 Å². The lowest BCUT2D eigenvalue weighted by atomic mass is 10.1. The number of rotatable bonds is 2. The fraction of sp³-hybridized carbons (Fsp3) is 0. The first-order chi connectivity index (χ1) is 7.16. The molecule has 0 aliphatic heterocycles. The maximum atomic E-state index is 10.6. The van der Waals surface area contributed by atoms with Gasteiger partial charge in [0.25, 0.3) is 0 Å². The van der Waals surface area contributed by atoms with Crippen LogP contribution < -0.4 is 4.18 Å². The molecule has 1 unspecified atom stereocenters. The van der Waals surface area contributed by atoms with Gasteiger partial charge in [0.1, 0.15) is 0 Å². The van der Waals surface area contributed by atoms with Gasteiger partial charge in [-0.05, 0) is 11.5 Å².